The van der Waals surface area contributed by atoms with Gasteiger partial charge in [0.15, 0.2) is 0 Å². The number of carbonyl (C=O) groups excluding carboxylic acids is 1. The van der Waals surface area contributed by atoms with Crippen LogP contribution in [-0.2, 0) is 11.3 Å². The van der Waals surface area contributed by atoms with Gasteiger partial charge in [-0.1, -0.05) is 72.8 Å². The Morgan fingerprint density at radius 3 is 2.06 bits per heavy atom. The number of amides is 1. The molecule has 182 valence electrons. The molecule has 36 heavy (non-hydrogen) atoms. The molecule has 0 aliphatic heterocycles. The summed E-state index contributed by atoms with van der Waals surface area (Å²) in [6.45, 7) is 0.289. The minimum atomic E-state index is -0.631. The Morgan fingerprint density at radius 1 is 0.917 bits per heavy atom. The van der Waals surface area contributed by atoms with Gasteiger partial charge in [-0.15, -0.1) is 0 Å². The maximum Gasteiger partial charge on any atom is 0.354 e. The number of hydrazine groups is 1. The average Bonchev–Trinajstić information content (AvgIpc) is 2.92. The first-order valence-corrected chi connectivity index (χ1v) is 11.1. The summed E-state index contributed by atoms with van der Waals surface area (Å²) in [7, 11) is 1.58. The molecule has 4 aromatic rings. The quantitative estimate of drug-likeness (QED) is 0.225. The molecule has 4 rings (SSSR count). The summed E-state index contributed by atoms with van der Waals surface area (Å²) in [4.78, 5) is 32.5. The van der Waals surface area contributed by atoms with Crippen LogP contribution in [0.5, 0.6) is 5.75 Å². The fourth-order valence-corrected chi connectivity index (χ4v) is 3.68. The van der Waals surface area contributed by atoms with Crippen LogP contribution in [0.4, 0.5) is 17.3 Å². The van der Waals surface area contributed by atoms with Crippen molar-refractivity contribution in [2.45, 2.75) is 12.5 Å². The molecule has 3 aromatic carbocycles. The van der Waals surface area contributed by atoms with E-state index in [-0.39, 0.29) is 23.9 Å². The molecular formula is C26H24N6O4. The minimum Gasteiger partial charge on any atom is -0.497 e. The topological polar surface area (TPSA) is 131 Å². The maximum atomic E-state index is 13.2. The van der Waals surface area contributed by atoms with E-state index in [4.69, 9.17) is 4.74 Å². The summed E-state index contributed by atoms with van der Waals surface area (Å²) in [6, 6.07) is 25.8. The molecule has 3 N–H and O–H groups in total. The minimum absolute atomic E-state index is 0.0187. The number of carbonyl (C=O) groups is 1. The Morgan fingerprint density at radius 2 is 1.50 bits per heavy atom. The number of hydrogen-bond acceptors (Lipinski definition) is 8. The number of nitrogens with one attached hydrogen (secondary N) is 3. The van der Waals surface area contributed by atoms with Gasteiger partial charge in [0.05, 0.1) is 18.0 Å². The summed E-state index contributed by atoms with van der Waals surface area (Å²) in [5.74, 6) is -0.439. The van der Waals surface area contributed by atoms with E-state index in [0.717, 1.165) is 16.7 Å². The van der Waals surface area contributed by atoms with Crippen molar-refractivity contribution in [1.82, 2.24) is 15.4 Å². The number of ether oxygens (including phenoxy) is 1. The molecule has 1 amide bonds. The highest BCUT2D eigenvalue weighted by Gasteiger charge is 2.26. The van der Waals surface area contributed by atoms with Crippen molar-refractivity contribution >= 4 is 23.2 Å². The summed E-state index contributed by atoms with van der Waals surface area (Å²) in [6.07, 6.45) is 1.18. The molecule has 0 saturated heterocycles. The first-order chi connectivity index (χ1) is 17.6. The summed E-state index contributed by atoms with van der Waals surface area (Å²) in [5.41, 5.74) is 7.25. The first-order valence-electron chi connectivity index (χ1n) is 11.1. The van der Waals surface area contributed by atoms with Crippen LogP contribution in [0, 0.1) is 10.1 Å². The third kappa shape index (κ3) is 5.73. The third-order valence-electron chi connectivity index (χ3n) is 5.46. The Balaban J connectivity index is 1.52. The van der Waals surface area contributed by atoms with Gasteiger partial charge >= 0.3 is 5.69 Å². The number of anilines is 2. The zero-order valence-electron chi connectivity index (χ0n) is 19.4. The van der Waals surface area contributed by atoms with E-state index in [1.54, 1.807) is 19.2 Å². The molecule has 0 fully saturated rings. The van der Waals surface area contributed by atoms with Gasteiger partial charge in [-0.25, -0.2) is 9.97 Å². The third-order valence-corrected chi connectivity index (χ3v) is 5.46. The molecule has 10 heteroatoms. The van der Waals surface area contributed by atoms with Gasteiger partial charge in [0.1, 0.15) is 12.1 Å². The van der Waals surface area contributed by atoms with Crippen LogP contribution in [-0.4, -0.2) is 27.9 Å². The first kappa shape index (κ1) is 24.1. The Kier molecular flexibility index (Phi) is 7.66. The predicted molar refractivity (Wildman–Crippen MR) is 135 cm³/mol. The lowest BCUT2D eigenvalue weighted by Gasteiger charge is -2.18. The largest absolute Gasteiger partial charge is 0.497 e. The van der Waals surface area contributed by atoms with Gasteiger partial charge in [-0.05, 0) is 28.8 Å². The van der Waals surface area contributed by atoms with Crippen molar-refractivity contribution in [2.24, 2.45) is 0 Å². The second-order valence-electron chi connectivity index (χ2n) is 7.75. The fraction of sp³-hybridized carbons (Fsp3) is 0.115. The standard InChI is InChI=1S/C26H24N6O4/c1-36-21-14-12-18(13-15-21)16-27-24-23(32(34)35)25(29-17-28-24)30-31-26(33)22(19-8-4-2-5-9-19)20-10-6-3-7-11-20/h2-15,17,22H,16H2,1H3,(H,31,33)(H2,27,28,29,30). The van der Waals surface area contributed by atoms with Gasteiger partial charge in [-0.2, -0.15) is 0 Å². The second kappa shape index (κ2) is 11.4. The van der Waals surface area contributed by atoms with Crippen LogP contribution in [0.1, 0.15) is 22.6 Å². The van der Waals surface area contributed by atoms with E-state index in [2.05, 4.69) is 26.1 Å². The normalized spacial score (nSPS) is 10.5. The number of aromatic nitrogens is 2. The average molecular weight is 485 g/mol. The van der Waals surface area contributed by atoms with Crippen molar-refractivity contribution in [2.75, 3.05) is 17.9 Å². The lowest BCUT2D eigenvalue weighted by atomic mass is 9.91. The SMILES string of the molecule is COc1ccc(CNc2ncnc(NNC(=O)C(c3ccccc3)c3ccccc3)c2[N+](=O)[O-])cc1. The zero-order valence-corrected chi connectivity index (χ0v) is 19.4. The van der Waals surface area contributed by atoms with Crippen LogP contribution in [0.3, 0.4) is 0 Å². The smallest absolute Gasteiger partial charge is 0.354 e. The summed E-state index contributed by atoms with van der Waals surface area (Å²) >= 11 is 0. The van der Waals surface area contributed by atoms with Crippen LogP contribution in [0.15, 0.2) is 91.3 Å². The molecule has 0 aliphatic carbocycles. The lowest BCUT2D eigenvalue weighted by Crippen LogP contribution is -2.35. The number of methoxy groups -OCH3 is 1. The van der Waals surface area contributed by atoms with E-state index >= 15 is 0 Å². The molecule has 0 radical (unpaired) electrons. The molecule has 0 saturated carbocycles. The van der Waals surface area contributed by atoms with Crippen molar-refractivity contribution in [3.05, 3.63) is 118 Å². The fourth-order valence-electron chi connectivity index (χ4n) is 3.68. The number of nitrogens with zero attached hydrogens (tertiary/aromatic N) is 3. The van der Waals surface area contributed by atoms with Crippen LogP contribution in [0.25, 0.3) is 0 Å². The zero-order chi connectivity index (χ0) is 25.3. The van der Waals surface area contributed by atoms with E-state index < -0.39 is 16.7 Å². The van der Waals surface area contributed by atoms with Crippen LogP contribution >= 0.6 is 0 Å². The van der Waals surface area contributed by atoms with Crippen LogP contribution < -0.4 is 20.9 Å². The van der Waals surface area contributed by atoms with Crippen molar-refractivity contribution in [3.8, 4) is 5.75 Å². The number of hydrogen-bond donors (Lipinski definition) is 3. The Hall–Kier alpha value is -4.99. The highest BCUT2D eigenvalue weighted by Crippen LogP contribution is 2.29. The maximum absolute atomic E-state index is 13.2. The van der Waals surface area contributed by atoms with E-state index in [0.29, 0.717) is 5.75 Å². The Labute approximate surface area is 207 Å². The van der Waals surface area contributed by atoms with Gasteiger partial charge in [0.2, 0.25) is 17.5 Å². The highest BCUT2D eigenvalue weighted by atomic mass is 16.6. The van der Waals surface area contributed by atoms with E-state index in [9.17, 15) is 14.9 Å². The predicted octanol–water partition coefficient (Wildman–Crippen LogP) is 4.28. The van der Waals surface area contributed by atoms with Crippen molar-refractivity contribution in [3.63, 3.8) is 0 Å². The van der Waals surface area contributed by atoms with Gasteiger partial charge in [0.25, 0.3) is 0 Å². The van der Waals surface area contributed by atoms with Gasteiger partial charge in [-0.3, -0.25) is 25.8 Å². The molecule has 0 unspecified atom stereocenters. The molecule has 1 aromatic heterocycles. The molecular weight excluding hydrogens is 460 g/mol. The number of rotatable bonds is 10. The van der Waals surface area contributed by atoms with Crippen molar-refractivity contribution in [1.29, 1.82) is 0 Å². The number of benzene rings is 3. The van der Waals surface area contributed by atoms with E-state index in [1.807, 2.05) is 72.8 Å². The molecule has 10 nitrogen and oxygen atoms in total. The van der Waals surface area contributed by atoms with Gasteiger partial charge < -0.3 is 10.1 Å². The molecule has 0 atom stereocenters. The lowest BCUT2D eigenvalue weighted by molar-refractivity contribution is -0.383. The summed E-state index contributed by atoms with van der Waals surface area (Å²) in [5, 5.41) is 14.8. The molecule has 0 spiro atoms. The molecule has 0 bridgehead atoms. The van der Waals surface area contributed by atoms with Crippen molar-refractivity contribution < 1.29 is 14.5 Å². The van der Waals surface area contributed by atoms with Gasteiger partial charge in [0, 0.05) is 6.54 Å². The number of nitro groups is 1. The van der Waals surface area contributed by atoms with Crippen LogP contribution in [0.2, 0.25) is 0 Å². The Bertz CT molecular complexity index is 1280. The van der Waals surface area contributed by atoms with E-state index in [1.165, 1.54) is 6.33 Å². The molecule has 1 heterocycles. The molecule has 0 aliphatic rings. The summed E-state index contributed by atoms with van der Waals surface area (Å²) < 4.78 is 5.14. The highest BCUT2D eigenvalue weighted by molar-refractivity contribution is 5.88. The monoisotopic (exact) mass is 484 g/mol. The second-order valence-corrected chi connectivity index (χ2v) is 7.75.